The van der Waals surface area contributed by atoms with E-state index in [9.17, 15) is 18.0 Å². The average molecular weight is 544 g/mol. The third-order valence-electron chi connectivity index (χ3n) is 5.95. The van der Waals surface area contributed by atoms with Crippen LogP contribution in [0.15, 0.2) is 103 Å². The van der Waals surface area contributed by atoms with Gasteiger partial charge in [-0.05, 0) is 54.3 Å². The molecule has 0 aliphatic carbocycles. The molecular formula is C29H29N5O4S. The summed E-state index contributed by atoms with van der Waals surface area (Å²) in [5, 5.41) is 5.25. The predicted molar refractivity (Wildman–Crippen MR) is 150 cm³/mol. The van der Waals surface area contributed by atoms with Gasteiger partial charge in [-0.15, -0.1) is 0 Å². The molecular weight excluding hydrogens is 514 g/mol. The normalized spacial score (nSPS) is 12.2. The number of hydrogen-bond donors (Lipinski definition) is 1. The first-order chi connectivity index (χ1) is 18.8. The number of carbonyl (C=O) groups excluding carboxylic acids is 2. The van der Waals surface area contributed by atoms with E-state index in [1.165, 1.54) is 17.2 Å². The lowest BCUT2D eigenvalue weighted by Crippen LogP contribution is -2.46. The Balaban J connectivity index is 1.57. The molecule has 0 aliphatic rings. The maximum Gasteiger partial charge on any atom is 0.257 e. The Morgan fingerprint density at radius 2 is 1.69 bits per heavy atom. The fourth-order valence-electron chi connectivity index (χ4n) is 4.05. The molecule has 2 aromatic heterocycles. The van der Waals surface area contributed by atoms with Gasteiger partial charge in [0, 0.05) is 30.8 Å². The van der Waals surface area contributed by atoms with Crippen LogP contribution in [0.5, 0.6) is 0 Å². The van der Waals surface area contributed by atoms with E-state index in [1.807, 2.05) is 36.4 Å². The number of pyridine rings is 1. The fourth-order valence-corrected chi connectivity index (χ4v) is 4.87. The van der Waals surface area contributed by atoms with Crippen molar-refractivity contribution in [3.8, 4) is 0 Å². The van der Waals surface area contributed by atoms with Gasteiger partial charge in [-0.2, -0.15) is 5.10 Å². The Morgan fingerprint density at radius 1 is 0.974 bits per heavy atom. The Labute approximate surface area is 227 Å². The molecule has 0 spiro atoms. The van der Waals surface area contributed by atoms with E-state index >= 15 is 0 Å². The summed E-state index contributed by atoms with van der Waals surface area (Å²) in [4.78, 5) is 32.5. The quantitative estimate of drug-likeness (QED) is 0.289. The largest absolute Gasteiger partial charge is 0.312 e. The number of para-hydroxylation sites is 1. The second kappa shape index (κ2) is 12.8. The fraction of sp³-hybridized carbons (Fsp3) is 0.172. The van der Waals surface area contributed by atoms with Crippen molar-refractivity contribution in [1.29, 1.82) is 0 Å². The van der Waals surface area contributed by atoms with Crippen molar-refractivity contribution in [3.63, 3.8) is 0 Å². The molecule has 0 fully saturated rings. The molecule has 0 saturated heterocycles. The SMILES string of the molecule is CCN(C(=O)C(Cc1cnn(Cc2ccccc2)c1)C(=O)NS(=O)(=O)C=Cc1cccnc1)c1ccccc1. The smallest absolute Gasteiger partial charge is 0.257 e. The minimum absolute atomic E-state index is 0.0232. The van der Waals surface area contributed by atoms with Gasteiger partial charge in [-0.3, -0.25) is 19.3 Å². The number of aromatic nitrogens is 3. The summed E-state index contributed by atoms with van der Waals surface area (Å²) in [6.45, 7) is 2.61. The van der Waals surface area contributed by atoms with Gasteiger partial charge < -0.3 is 4.90 Å². The molecule has 1 N–H and O–H groups in total. The van der Waals surface area contributed by atoms with Gasteiger partial charge in [0.25, 0.3) is 10.0 Å². The zero-order valence-corrected chi connectivity index (χ0v) is 22.2. The van der Waals surface area contributed by atoms with Crippen molar-refractivity contribution in [2.24, 2.45) is 5.92 Å². The lowest BCUT2D eigenvalue weighted by molar-refractivity contribution is -0.132. The van der Waals surface area contributed by atoms with Crippen LogP contribution < -0.4 is 9.62 Å². The van der Waals surface area contributed by atoms with Crippen LogP contribution in [0.3, 0.4) is 0 Å². The van der Waals surface area contributed by atoms with Crippen LogP contribution in [0.25, 0.3) is 6.08 Å². The molecule has 10 heteroatoms. The highest BCUT2D eigenvalue weighted by Gasteiger charge is 2.33. The molecule has 1 unspecified atom stereocenters. The van der Waals surface area contributed by atoms with E-state index in [0.29, 0.717) is 29.9 Å². The molecule has 4 rings (SSSR count). The molecule has 0 aliphatic heterocycles. The lowest BCUT2D eigenvalue weighted by atomic mass is 9.99. The summed E-state index contributed by atoms with van der Waals surface area (Å²) >= 11 is 0. The molecule has 200 valence electrons. The molecule has 39 heavy (non-hydrogen) atoms. The van der Waals surface area contributed by atoms with E-state index in [4.69, 9.17) is 0 Å². The van der Waals surface area contributed by atoms with Crippen molar-refractivity contribution in [2.45, 2.75) is 19.9 Å². The standard InChI is InChI=1S/C29H29N5O4S/c1-2-34(26-13-7-4-8-14-26)29(36)27(18-25-20-31-33(22-25)21-24-10-5-3-6-11-24)28(35)32-39(37,38)17-15-23-12-9-16-30-19-23/h3-17,19-20,22,27H,2,18,21H2,1H3,(H,32,35). The monoisotopic (exact) mass is 543 g/mol. The van der Waals surface area contributed by atoms with E-state index < -0.39 is 27.8 Å². The highest BCUT2D eigenvalue weighted by molar-refractivity contribution is 7.93. The van der Waals surface area contributed by atoms with Crippen LogP contribution in [0.4, 0.5) is 5.69 Å². The van der Waals surface area contributed by atoms with Gasteiger partial charge in [0.2, 0.25) is 11.8 Å². The van der Waals surface area contributed by atoms with Crippen molar-refractivity contribution in [1.82, 2.24) is 19.5 Å². The van der Waals surface area contributed by atoms with Crippen molar-refractivity contribution in [3.05, 3.63) is 120 Å². The highest BCUT2D eigenvalue weighted by Crippen LogP contribution is 2.20. The lowest BCUT2D eigenvalue weighted by Gasteiger charge is -2.25. The van der Waals surface area contributed by atoms with E-state index in [-0.39, 0.29) is 6.42 Å². The third-order valence-corrected chi connectivity index (χ3v) is 6.93. The van der Waals surface area contributed by atoms with Gasteiger partial charge in [0.05, 0.1) is 18.1 Å². The summed E-state index contributed by atoms with van der Waals surface area (Å²) < 4.78 is 29.2. The predicted octanol–water partition coefficient (Wildman–Crippen LogP) is 3.66. The number of nitrogens with one attached hydrogen (secondary N) is 1. The number of carbonyl (C=O) groups is 2. The van der Waals surface area contributed by atoms with Crippen LogP contribution in [0, 0.1) is 5.92 Å². The molecule has 2 aromatic carbocycles. The second-order valence-electron chi connectivity index (χ2n) is 8.81. The minimum atomic E-state index is -4.18. The molecule has 0 bridgehead atoms. The molecule has 2 amide bonds. The number of hydrogen-bond acceptors (Lipinski definition) is 6. The van der Waals surface area contributed by atoms with Crippen LogP contribution in [-0.2, 0) is 32.6 Å². The van der Waals surface area contributed by atoms with Crippen molar-refractivity contribution in [2.75, 3.05) is 11.4 Å². The first-order valence-corrected chi connectivity index (χ1v) is 14.0. The van der Waals surface area contributed by atoms with Crippen LogP contribution in [0.1, 0.15) is 23.6 Å². The molecule has 2 heterocycles. The van der Waals surface area contributed by atoms with Gasteiger partial charge in [-0.1, -0.05) is 54.6 Å². The van der Waals surface area contributed by atoms with Crippen molar-refractivity contribution < 1.29 is 18.0 Å². The first-order valence-electron chi connectivity index (χ1n) is 12.4. The zero-order chi connectivity index (χ0) is 27.7. The Morgan fingerprint density at radius 3 is 2.36 bits per heavy atom. The Hall–Kier alpha value is -4.57. The van der Waals surface area contributed by atoms with E-state index in [0.717, 1.165) is 11.0 Å². The van der Waals surface area contributed by atoms with Gasteiger partial charge in [-0.25, -0.2) is 13.1 Å². The maximum atomic E-state index is 13.7. The summed E-state index contributed by atoms with van der Waals surface area (Å²) in [7, 11) is -4.18. The second-order valence-corrected chi connectivity index (χ2v) is 10.4. The van der Waals surface area contributed by atoms with Crippen LogP contribution >= 0.6 is 0 Å². The third kappa shape index (κ3) is 7.71. The van der Waals surface area contributed by atoms with Crippen LogP contribution in [0.2, 0.25) is 0 Å². The summed E-state index contributed by atoms with van der Waals surface area (Å²) in [6, 6.07) is 22.0. The van der Waals surface area contributed by atoms with E-state index in [1.54, 1.807) is 66.6 Å². The van der Waals surface area contributed by atoms with Gasteiger partial charge in [0.15, 0.2) is 0 Å². The molecule has 0 radical (unpaired) electrons. The number of amides is 2. The summed E-state index contributed by atoms with van der Waals surface area (Å²) in [6.07, 6.45) is 7.71. The van der Waals surface area contributed by atoms with Crippen molar-refractivity contribution >= 4 is 33.6 Å². The zero-order valence-electron chi connectivity index (χ0n) is 21.4. The highest BCUT2D eigenvalue weighted by atomic mass is 32.2. The summed E-state index contributed by atoms with van der Waals surface area (Å²) in [5.41, 5.74) is 2.84. The number of benzene rings is 2. The molecule has 0 saturated carbocycles. The van der Waals surface area contributed by atoms with E-state index in [2.05, 4.69) is 14.8 Å². The summed E-state index contributed by atoms with van der Waals surface area (Å²) in [5.74, 6) is -2.73. The number of sulfonamides is 1. The van der Waals surface area contributed by atoms with Gasteiger partial charge in [0.1, 0.15) is 5.92 Å². The average Bonchev–Trinajstić information content (AvgIpc) is 3.39. The number of rotatable bonds is 11. The molecule has 9 nitrogen and oxygen atoms in total. The maximum absolute atomic E-state index is 13.7. The first kappa shape index (κ1) is 27.5. The Bertz CT molecular complexity index is 1520. The Kier molecular flexibility index (Phi) is 9.01. The van der Waals surface area contributed by atoms with Crippen LogP contribution in [-0.4, -0.2) is 41.5 Å². The number of anilines is 1. The minimum Gasteiger partial charge on any atom is -0.312 e. The number of nitrogens with zero attached hydrogens (tertiary/aromatic N) is 4. The molecule has 1 atom stereocenters. The topological polar surface area (TPSA) is 114 Å². The molecule has 4 aromatic rings. The van der Waals surface area contributed by atoms with Gasteiger partial charge >= 0.3 is 0 Å².